The van der Waals surface area contributed by atoms with Crippen LogP contribution in [0.2, 0.25) is 0 Å². The van der Waals surface area contributed by atoms with Crippen molar-refractivity contribution < 1.29 is 31.1 Å². The Bertz CT molecular complexity index is 498. The van der Waals surface area contributed by atoms with E-state index in [9.17, 15) is 31.1 Å². The van der Waals surface area contributed by atoms with Crippen molar-refractivity contribution in [2.45, 2.75) is 19.3 Å². The van der Waals surface area contributed by atoms with E-state index in [-0.39, 0.29) is 25.0 Å². The highest BCUT2D eigenvalue weighted by molar-refractivity contribution is 5.94. The quantitative estimate of drug-likeness (QED) is 0.620. The van der Waals surface area contributed by atoms with E-state index in [1.165, 1.54) is 0 Å². The number of alkyl halides is 6. The van der Waals surface area contributed by atoms with Crippen molar-refractivity contribution in [3.05, 3.63) is 34.9 Å². The van der Waals surface area contributed by atoms with E-state index < -0.39 is 35.0 Å². The Hall–Kier alpha value is -1.48. The maximum absolute atomic E-state index is 12.6. The summed E-state index contributed by atoms with van der Waals surface area (Å²) in [5, 5.41) is 5.11. The predicted octanol–water partition coefficient (Wildman–Crippen LogP) is 3.49. The molecule has 1 amide bonds. The van der Waals surface area contributed by atoms with E-state index in [0.717, 1.165) is 0 Å². The normalized spacial score (nSPS) is 11.8. The zero-order valence-corrected chi connectivity index (χ0v) is 12.8. The summed E-state index contributed by atoms with van der Waals surface area (Å²) in [6.07, 6.45) is -9.94. The fraction of sp³-hybridized carbons (Fsp3) is 0.462. The van der Waals surface area contributed by atoms with Crippen LogP contribution in [0.5, 0.6) is 0 Å². The van der Waals surface area contributed by atoms with Crippen LogP contribution < -0.4 is 10.6 Å². The topological polar surface area (TPSA) is 41.1 Å². The molecule has 0 aromatic heterocycles. The third-order valence-electron chi connectivity index (χ3n) is 2.69. The Kier molecular flexibility index (Phi) is 7.85. The highest BCUT2D eigenvalue weighted by Crippen LogP contribution is 2.36. The Morgan fingerprint density at radius 2 is 1.43 bits per heavy atom. The first-order valence-electron chi connectivity index (χ1n) is 6.34. The number of rotatable bonds is 5. The van der Waals surface area contributed by atoms with E-state index in [2.05, 4.69) is 10.6 Å². The fourth-order valence-electron chi connectivity index (χ4n) is 1.63. The van der Waals surface area contributed by atoms with Gasteiger partial charge in [-0.05, 0) is 24.7 Å². The second-order valence-electron chi connectivity index (χ2n) is 4.40. The van der Waals surface area contributed by atoms with E-state index >= 15 is 0 Å². The van der Waals surface area contributed by atoms with Crippen LogP contribution in [-0.2, 0) is 12.4 Å². The van der Waals surface area contributed by atoms with Crippen LogP contribution in [-0.4, -0.2) is 25.5 Å². The molecule has 0 saturated carbocycles. The SMILES string of the molecule is CCNCCNC(=O)c1cc(C(F)(F)F)cc(C(F)(F)F)c1.Cl. The molecule has 1 rings (SSSR count). The highest BCUT2D eigenvalue weighted by Gasteiger charge is 2.37. The molecule has 0 radical (unpaired) electrons. The molecule has 10 heteroatoms. The van der Waals surface area contributed by atoms with Gasteiger partial charge in [-0.15, -0.1) is 12.4 Å². The van der Waals surface area contributed by atoms with Crippen LogP contribution in [0.3, 0.4) is 0 Å². The van der Waals surface area contributed by atoms with Crippen molar-refractivity contribution >= 4 is 18.3 Å². The third-order valence-corrected chi connectivity index (χ3v) is 2.69. The summed E-state index contributed by atoms with van der Waals surface area (Å²) < 4.78 is 75.9. The van der Waals surface area contributed by atoms with Crippen molar-refractivity contribution in [2.75, 3.05) is 19.6 Å². The maximum atomic E-state index is 12.6. The molecule has 2 N–H and O–H groups in total. The van der Waals surface area contributed by atoms with Crippen molar-refractivity contribution in [3.63, 3.8) is 0 Å². The van der Waals surface area contributed by atoms with Gasteiger partial charge in [-0.2, -0.15) is 26.3 Å². The summed E-state index contributed by atoms with van der Waals surface area (Å²) in [6, 6.07) is 0.783. The number of halogens is 7. The molecule has 0 heterocycles. The van der Waals surface area contributed by atoms with Crippen LogP contribution >= 0.6 is 12.4 Å². The molecular weight excluding hydrogens is 350 g/mol. The van der Waals surface area contributed by atoms with Gasteiger partial charge in [-0.3, -0.25) is 4.79 Å². The zero-order chi connectivity index (χ0) is 17.0. The summed E-state index contributed by atoms with van der Waals surface area (Å²) >= 11 is 0. The zero-order valence-electron chi connectivity index (χ0n) is 11.9. The van der Waals surface area contributed by atoms with Crippen LogP contribution in [0.4, 0.5) is 26.3 Å². The molecule has 132 valence electrons. The van der Waals surface area contributed by atoms with Crippen LogP contribution in [0.15, 0.2) is 18.2 Å². The molecule has 0 fully saturated rings. The summed E-state index contributed by atoms with van der Waals surface area (Å²) in [4.78, 5) is 11.7. The Morgan fingerprint density at radius 1 is 0.957 bits per heavy atom. The molecule has 0 aliphatic heterocycles. The van der Waals surface area contributed by atoms with Crippen LogP contribution in [0, 0.1) is 0 Å². The minimum atomic E-state index is -4.97. The van der Waals surface area contributed by atoms with Crippen molar-refractivity contribution in [1.82, 2.24) is 10.6 Å². The highest BCUT2D eigenvalue weighted by atomic mass is 35.5. The second kappa shape index (κ2) is 8.39. The average Bonchev–Trinajstić information content (AvgIpc) is 2.41. The van der Waals surface area contributed by atoms with Crippen LogP contribution in [0.1, 0.15) is 28.4 Å². The molecule has 1 aromatic carbocycles. The lowest BCUT2D eigenvalue weighted by atomic mass is 10.0. The van der Waals surface area contributed by atoms with Gasteiger partial charge in [0.05, 0.1) is 11.1 Å². The first-order chi connectivity index (χ1) is 10.1. The molecular formula is C13H15ClF6N2O. The average molecular weight is 365 g/mol. The Labute approximate surface area is 134 Å². The molecule has 3 nitrogen and oxygen atoms in total. The van der Waals surface area contributed by atoms with Gasteiger partial charge in [0.1, 0.15) is 0 Å². The van der Waals surface area contributed by atoms with E-state index in [4.69, 9.17) is 0 Å². The van der Waals surface area contributed by atoms with Crippen molar-refractivity contribution in [3.8, 4) is 0 Å². The van der Waals surface area contributed by atoms with Crippen molar-refractivity contribution in [2.24, 2.45) is 0 Å². The lowest BCUT2D eigenvalue weighted by Crippen LogP contribution is -2.32. The number of hydrogen-bond acceptors (Lipinski definition) is 2. The summed E-state index contributed by atoms with van der Waals surface area (Å²) in [7, 11) is 0. The van der Waals surface area contributed by atoms with Gasteiger partial charge in [-0.1, -0.05) is 6.92 Å². The molecule has 0 spiro atoms. The largest absolute Gasteiger partial charge is 0.416 e. The van der Waals surface area contributed by atoms with Gasteiger partial charge < -0.3 is 10.6 Å². The van der Waals surface area contributed by atoms with Crippen molar-refractivity contribution in [1.29, 1.82) is 0 Å². The monoisotopic (exact) mass is 364 g/mol. The minimum Gasteiger partial charge on any atom is -0.351 e. The van der Waals surface area contributed by atoms with Crippen LogP contribution in [0.25, 0.3) is 0 Å². The summed E-state index contributed by atoms with van der Waals surface area (Å²) in [5.41, 5.74) is -3.71. The summed E-state index contributed by atoms with van der Waals surface area (Å²) in [5.74, 6) is -0.991. The predicted molar refractivity (Wildman–Crippen MR) is 74.6 cm³/mol. The number of hydrogen-bond donors (Lipinski definition) is 2. The molecule has 23 heavy (non-hydrogen) atoms. The van der Waals surface area contributed by atoms with Gasteiger partial charge in [0.25, 0.3) is 5.91 Å². The van der Waals surface area contributed by atoms with Gasteiger partial charge in [0.15, 0.2) is 0 Å². The number of carbonyl (C=O) groups is 1. The maximum Gasteiger partial charge on any atom is 0.416 e. The molecule has 0 bridgehead atoms. The number of benzene rings is 1. The van der Waals surface area contributed by atoms with Gasteiger partial charge >= 0.3 is 12.4 Å². The Morgan fingerprint density at radius 3 is 1.83 bits per heavy atom. The lowest BCUT2D eigenvalue weighted by molar-refractivity contribution is -0.143. The number of likely N-dealkylation sites (N-methyl/N-ethyl adjacent to an activating group) is 1. The molecule has 0 atom stereocenters. The van der Waals surface area contributed by atoms with E-state index in [1.54, 1.807) is 0 Å². The smallest absolute Gasteiger partial charge is 0.351 e. The summed E-state index contributed by atoms with van der Waals surface area (Å²) in [6.45, 7) is 2.87. The van der Waals surface area contributed by atoms with Gasteiger partial charge in [0.2, 0.25) is 0 Å². The molecule has 0 aliphatic rings. The fourth-order valence-corrected chi connectivity index (χ4v) is 1.63. The van der Waals surface area contributed by atoms with E-state index in [0.29, 0.717) is 25.2 Å². The molecule has 0 saturated heterocycles. The second-order valence-corrected chi connectivity index (χ2v) is 4.40. The molecule has 0 unspecified atom stereocenters. The third kappa shape index (κ3) is 6.66. The van der Waals surface area contributed by atoms with Gasteiger partial charge in [-0.25, -0.2) is 0 Å². The lowest BCUT2D eigenvalue weighted by Gasteiger charge is -2.14. The minimum absolute atomic E-state index is 0. The number of nitrogens with one attached hydrogen (secondary N) is 2. The standard InChI is InChI=1S/C13H14F6N2O.ClH/c1-2-20-3-4-21-11(22)8-5-9(12(14,15)16)7-10(6-8)13(17,18)19;/h5-7,20H,2-4H2,1H3,(H,21,22);1H. The molecule has 1 aromatic rings. The van der Waals surface area contributed by atoms with Gasteiger partial charge in [0, 0.05) is 18.7 Å². The van der Waals surface area contributed by atoms with E-state index in [1.807, 2.05) is 6.92 Å². The molecule has 0 aliphatic carbocycles. The number of carbonyl (C=O) groups excluding carboxylic acids is 1. The first kappa shape index (κ1) is 21.5. The first-order valence-corrected chi connectivity index (χ1v) is 6.34. The Balaban J connectivity index is 0.00000484. The number of amides is 1.